The van der Waals surface area contributed by atoms with Gasteiger partial charge in [0.1, 0.15) is 13.2 Å². The lowest BCUT2D eigenvalue weighted by molar-refractivity contribution is 0.0953. The van der Waals surface area contributed by atoms with Gasteiger partial charge in [0.2, 0.25) is 0 Å². The van der Waals surface area contributed by atoms with Gasteiger partial charge in [-0.2, -0.15) is 5.10 Å². The Balaban J connectivity index is 1.94. The molecule has 1 aliphatic rings. The Morgan fingerprint density at radius 1 is 1.37 bits per heavy atom. The molecule has 0 aromatic heterocycles. The van der Waals surface area contributed by atoms with E-state index < -0.39 is 0 Å². The second kappa shape index (κ2) is 6.78. The SMILES string of the molecule is CCCC/C=N/NC(=O)c1ccc2c(c1)OCCO2. The molecule has 0 spiro atoms. The minimum Gasteiger partial charge on any atom is -0.486 e. The number of fused-ring (bicyclic) bond motifs is 1. The number of carbonyl (C=O) groups excluding carboxylic acids is 1. The van der Waals surface area contributed by atoms with Gasteiger partial charge in [-0.25, -0.2) is 5.43 Å². The molecule has 0 saturated carbocycles. The molecule has 0 atom stereocenters. The van der Waals surface area contributed by atoms with Gasteiger partial charge in [0.25, 0.3) is 5.91 Å². The van der Waals surface area contributed by atoms with Crippen LogP contribution in [0, 0.1) is 0 Å². The summed E-state index contributed by atoms with van der Waals surface area (Å²) in [5, 5.41) is 3.90. The molecule has 19 heavy (non-hydrogen) atoms. The fourth-order valence-electron chi connectivity index (χ4n) is 1.71. The Kier molecular flexibility index (Phi) is 4.78. The first-order valence-corrected chi connectivity index (χ1v) is 6.52. The summed E-state index contributed by atoms with van der Waals surface area (Å²) in [6.07, 6.45) is 4.78. The maximum atomic E-state index is 11.8. The molecule has 0 fully saturated rings. The molecule has 1 aromatic carbocycles. The van der Waals surface area contributed by atoms with Gasteiger partial charge in [-0.15, -0.1) is 0 Å². The minimum atomic E-state index is -0.246. The molecule has 1 amide bonds. The van der Waals surface area contributed by atoms with Crippen molar-refractivity contribution in [1.82, 2.24) is 5.43 Å². The van der Waals surface area contributed by atoms with E-state index in [-0.39, 0.29) is 5.91 Å². The molecule has 0 bridgehead atoms. The van der Waals surface area contributed by atoms with Crippen LogP contribution in [0.4, 0.5) is 0 Å². The molecule has 102 valence electrons. The summed E-state index contributed by atoms with van der Waals surface area (Å²) >= 11 is 0. The summed E-state index contributed by atoms with van der Waals surface area (Å²) in [7, 11) is 0. The predicted molar refractivity (Wildman–Crippen MR) is 72.9 cm³/mol. The smallest absolute Gasteiger partial charge is 0.271 e. The summed E-state index contributed by atoms with van der Waals surface area (Å²) < 4.78 is 10.8. The van der Waals surface area contributed by atoms with Crippen molar-refractivity contribution in [2.75, 3.05) is 13.2 Å². The summed E-state index contributed by atoms with van der Waals surface area (Å²) in [4.78, 5) is 11.8. The number of hydrogen-bond donors (Lipinski definition) is 1. The Labute approximate surface area is 112 Å². The summed E-state index contributed by atoms with van der Waals surface area (Å²) in [6.45, 7) is 3.16. The average Bonchev–Trinajstić information content (AvgIpc) is 2.46. The topological polar surface area (TPSA) is 59.9 Å². The Bertz CT molecular complexity index is 472. The van der Waals surface area contributed by atoms with Crippen LogP contribution in [0.2, 0.25) is 0 Å². The number of benzene rings is 1. The predicted octanol–water partition coefficient (Wildman–Crippen LogP) is 2.36. The van der Waals surface area contributed by atoms with E-state index in [1.807, 2.05) is 0 Å². The molecular weight excluding hydrogens is 244 g/mol. The molecule has 5 heteroatoms. The zero-order valence-corrected chi connectivity index (χ0v) is 11.0. The molecule has 1 N–H and O–H groups in total. The normalized spacial score (nSPS) is 13.5. The van der Waals surface area contributed by atoms with Gasteiger partial charge in [-0.05, 0) is 31.0 Å². The van der Waals surface area contributed by atoms with Crippen LogP contribution in [-0.4, -0.2) is 25.3 Å². The highest BCUT2D eigenvalue weighted by Crippen LogP contribution is 2.30. The first-order chi connectivity index (χ1) is 9.31. The maximum absolute atomic E-state index is 11.8. The van der Waals surface area contributed by atoms with Crippen LogP contribution in [0.1, 0.15) is 36.5 Å². The third-order valence-corrected chi connectivity index (χ3v) is 2.75. The van der Waals surface area contributed by atoms with Gasteiger partial charge in [0.15, 0.2) is 11.5 Å². The van der Waals surface area contributed by atoms with Crippen molar-refractivity contribution in [1.29, 1.82) is 0 Å². The van der Waals surface area contributed by atoms with Crippen LogP contribution >= 0.6 is 0 Å². The lowest BCUT2D eigenvalue weighted by Crippen LogP contribution is -2.19. The van der Waals surface area contributed by atoms with Crippen LogP contribution < -0.4 is 14.9 Å². The summed E-state index contributed by atoms with van der Waals surface area (Å²) in [6, 6.07) is 5.11. The van der Waals surface area contributed by atoms with E-state index in [9.17, 15) is 4.79 Å². The quantitative estimate of drug-likeness (QED) is 0.503. The van der Waals surface area contributed by atoms with Gasteiger partial charge in [-0.1, -0.05) is 13.3 Å². The molecule has 0 aliphatic carbocycles. The lowest BCUT2D eigenvalue weighted by Gasteiger charge is -2.18. The van der Waals surface area contributed by atoms with Crippen molar-refractivity contribution in [2.45, 2.75) is 26.2 Å². The van der Waals surface area contributed by atoms with Crippen LogP contribution in [0.15, 0.2) is 23.3 Å². The third-order valence-electron chi connectivity index (χ3n) is 2.75. The van der Waals surface area contributed by atoms with E-state index in [4.69, 9.17) is 9.47 Å². The van der Waals surface area contributed by atoms with Gasteiger partial charge in [0, 0.05) is 11.8 Å². The van der Waals surface area contributed by atoms with E-state index in [1.54, 1.807) is 24.4 Å². The minimum absolute atomic E-state index is 0.246. The van der Waals surface area contributed by atoms with E-state index in [0.717, 1.165) is 19.3 Å². The number of amides is 1. The number of ether oxygens (including phenoxy) is 2. The fraction of sp³-hybridized carbons (Fsp3) is 0.429. The third kappa shape index (κ3) is 3.71. The number of hydrazone groups is 1. The van der Waals surface area contributed by atoms with Gasteiger partial charge in [0.05, 0.1) is 0 Å². The second-order valence-corrected chi connectivity index (χ2v) is 4.25. The molecule has 5 nitrogen and oxygen atoms in total. The summed E-state index contributed by atoms with van der Waals surface area (Å²) in [5.74, 6) is 1.04. The highest BCUT2D eigenvalue weighted by molar-refractivity contribution is 5.95. The highest BCUT2D eigenvalue weighted by atomic mass is 16.6. The molecule has 2 rings (SSSR count). The van der Waals surface area contributed by atoms with Gasteiger partial charge >= 0.3 is 0 Å². The van der Waals surface area contributed by atoms with E-state index >= 15 is 0 Å². The molecule has 1 aromatic rings. The van der Waals surface area contributed by atoms with Crippen molar-refractivity contribution in [3.63, 3.8) is 0 Å². The molecule has 1 aliphatic heterocycles. The van der Waals surface area contributed by atoms with Crippen molar-refractivity contribution >= 4 is 12.1 Å². The Morgan fingerprint density at radius 2 is 2.16 bits per heavy atom. The van der Waals surface area contributed by atoms with E-state index in [0.29, 0.717) is 30.3 Å². The maximum Gasteiger partial charge on any atom is 0.271 e. The van der Waals surface area contributed by atoms with Gasteiger partial charge in [-0.3, -0.25) is 4.79 Å². The number of carbonyl (C=O) groups is 1. The number of nitrogens with one attached hydrogen (secondary N) is 1. The summed E-state index contributed by atoms with van der Waals surface area (Å²) in [5.41, 5.74) is 3.01. The van der Waals surface area contributed by atoms with Crippen molar-refractivity contribution < 1.29 is 14.3 Å². The molecule has 0 radical (unpaired) electrons. The second-order valence-electron chi connectivity index (χ2n) is 4.25. The zero-order chi connectivity index (χ0) is 13.5. The van der Waals surface area contributed by atoms with Crippen molar-refractivity contribution in [2.24, 2.45) is 5.10 Å². The number of nitrogens with zero attached hydrogens (tertiary/aromatic N) is 1. The van der Waals surface area contributed by atoms with Crippen LogP contribution in [0.25, 0.3) is 0 Å². The average molecular weight is 262 g/mol. The van der Waals surface area contributed by atoms with Crippen LogP contribution in [-0.2, 0) is 0 Å². The van der Waals surface area contributed by atoms with Crippen molar-refractivity contribution in [3.8, 4) is 11.5 Å². The van der Waals surface area contributed by atoms with E-state index in [1.165, 1.54) is 0 Å². The van der Waals surface area contributed by atoms with Crippen molar-refractivity contribution in [3.05, 3.63) is 23.8 Å². The lowest BCUT2D eigenvalue weighted by atomic mass is 10.2. The molecule has 0 saturated heterocycles. The number of rotatable bonds is 5. The number of unbranched alkanes of at least 4 members (excludes halogenated alkanes) is 2. The standard InChI is InChI=1S/C14H18N2O3/c1-2-3-4-7-15-16-14(17)11-5-6-12-13(10-11)19-9-8-18-12/h5-7,10H,2-4,8-9H2,1H3,(H,16,17)/b15-7+. The molecule has 1 heterocycles. The zero-order valence-electron chi connectivity index (χ0n) is 11.0. The fourth-order valence-corrected chi connectivity index (χ4v) is 1.71. The van der Waals surface area contributed by atoms with E-state index in [2.05, 4.69) is 17.5 Å². The largest absolute Gasteiger partial charge is 0.486 e. The monoisotopic (exact) mass is 262 g/mol. The first kappa shape index (κ1) is 13.4. The molecule has 0 unspecified atom stereocenters. The van der Waals surface area contributed by atoms with Crippen LogP contribution in [0.5, 0.6) is 11.5 Å². The Morgan fingerprint density at radius 3 is 2.95 bits per heavy atom. The highest BCUT2D eigenvalue weighted by Gasteiger charge is 2.14. The van der Waals surface area contributed by atoms with Crippen LogP contribution in [0.3, 0.4) is 0 Å². The Hall–Kier alpha value is -2.04. The van der Waals surface area contributed by atoms with Gasteiger partial charge < -0.3 is 9.47 Å². The molecular formula is C14H18N2O3. The number of hydrogen-bond acceptors (Lipinski definition) is 4. The first-order valence-electron chi connectivity index (χ1n) is 6.52.